The molecule has 148 valence electrons. The normalized spacial score (nSPS) is 10.8. The van der Waals surface area contributed by atoms with Gasteiger partial charge >= 0.3 is 11.9 Å². The van der Waals surface area contributed by atoms with Gasteiger partial charge in [-0.05, 0) is 24.3 Å². The maximum absolute atomic E-state index is 12.3. The van der Waals surface area contributed by atoms with Gasteiger partial charge in [0.1, 0.15) is 0 Å². The van der Waals surface area contributed by atoms with Gasteiger partial charge in [-0.25, -0.2) is 18.0 Å². The highest BCUT2D eigenvalue weighted by Crippen LogP contribution is 2.19. The van der Waals surface area contributed by atoms with E-state index in [9.17, 15) is 22.8 Å². The van der Waals surface area contributed by atoms with E-state index in [4.69, 9.17) is 4.74 Å². The summed E-state index contributed by atoms with van der Waals surface area (Å²) in [6.07, 6.45) is 0. The Labute approximate surface area is 162 Å². The van der Waals surface area contributed by atoms with Crippen LogP contribution in [0.25, 0.3) is 0 Å². The number of esters is 2. The molecule has 0 heterocycles. The quantitative estimate of drug-likeness (QED) is 0.701. The summed E-state index contributed by atoms with van der Waals surface area (Å²) >= 11 is 0. The van der Waals surface area contributed by atoms with Gasteiger partial charge in [0.15, 0.2) is 16.4 Å². The fourth-order valence-corrected chi connectivity index (χ4v) is 3.42. The van der Waals surface area contributed by atoms with Gasteiger partial charge in [-0.1, -0.05) is 31.2 Å². The number of para-hydroxylation sites is 1. The fraction of sp³-hybridized carbons (Fsp3) is 0.211. The van der Waals surface area contributed by atoms with Gasteiger partial charge in [0.25, 0.3) is 5.91 Å². The van der Waals surface area contributed by atoms with Crippen LogP contribution in [0.2, 0.25) is 0 Å². The molecule has 0 saturated carbocycles. The van der Waals surface area contributed by atoms with Crippen molar-refractivity contribution >= 4 is 33.4 Å². The molecule has 8 nitrogen and oxygen atoms in total. The van der Waals surface area contributed by atoms with Crippen molar-refractivity contribution in [2.24, 2.45) is 0 Å². The first-order chi connectivity index (χ1) is 13.3. The molecule has 0 spiro atoms. The number of anilines is 1. The van der Waals surface area contributed by atoms with Crippen LogP contribution in [0.5, 0.6) is 0 Å². The molecule has 0 saturated heterocycles. The van der Waals surface area contributed by atoms with Crippen LogP contribution in [0.3, 0.4) is 0 Å². The van der Waals surface area contributed by atoms with Crippen LogP contribution in [0.4, 0.5) is 5.69 Å². The van der Waals surface area contributed by atoms with E-state index in [0.29, 0.717) is 0 Å². The molecule has 1 N–H and O–H groups in total. The number of methoxy groups -OCH3 is 1. The molecule has 0 aliphatic rings. The van der Waals surface area contributed by atoms with E-state index in [2.05, 4.69) is 10.1 Å². The van der Waals surface area contributed by atoms with Gasteiger partial charge in [0, 0.05) is 0 Å². The van der Waals surface area contributed by atoms with Gasteiger partial charge in [0.05, 0.1) is 34.6 Å². The van der Waals surface area contributed by atoms with Gasteiger partial charge in [-0.15, -0.1) is 0 Å². The highest BCUT2D eigenvalue weighted by Gasteiger charge is 2.22. The van der Waals surface area contributed by atoms with Crippen molar-refractivity contribution in [2.45, 2.75) is 11.8 Å². The monoisotopic (exact) mass is 405 g/mol. The number of rotatable bonds is 7. The minimum atomic E-state index is -3.63. The zero-order valence-electron chi connectivity index (χ0n) is 15.3. The van der Waals surface area contributed by atoms with Crippen molar-refractivity contribution in [3.05, 3.63) is 59.7 Å². The zero-order valence-corrected chi connectivity index (χ0v) is 16.1. The number of hydrogen-bond donors (Lipinski definition) is 1. The average Bonchev–Trinajstić information content (AvgIpc) is 2.71. The predicted molar refractivity (Wildman–Crippen MR) is 101 cm³/mol. The Morgan fingerprint density at radius 2 is 1.54 bits per heavy atom. The van der Waals surface area contributed by atoms with Crippen LogP contribution in [0.1, 0.15) is 27.6 Å². The Hall–Kier alpha value is -3.20. The molecule has 2 aromatic carbocycles. The Morgan fingerprint density at radius 3 is 2.18 bits per heavy atom. The molecule has 28 heavy (non-hydrogen) atoms. The SMILES string of the molecule is CCS(=O)(=O)c1ccccc1C(=O)OCC(=O)Nc1ccccc1C(=O)OC. The fourth-order valence-electron chi connectivity index (χ4n) is 2.34. The second-order valence-corrected chi connectivity index (χ2v) is 7.81. The van der Waals surface area contributed by atoms with Crippen LogP contribution in [-0.2, 0) is 24.1 Å². The second-order valence-electron chi connectivity index (χ2n) is 5.56. The molecule has 0 aliphatic carbocycles. The number of carbonyl (C=O) groups excluding carboxylic acids is 3. The molecule has 0 fully saturated rings. The van der Waals surface area contributed by atoms with Crippen molar-refractivity contribution in [2.75, 3.05) is 24.8 Å². The lowest BCUT2D eigenvalue weighted by atomic mass is 10.2. The lowest BCUT2D eigenvalue weighted by molar-refractivity contribution is -0.119. The van der Waals surface area contributed by atoms with E-state index in [-0.39, 0.29) is 27.5 Å². The smallest absolute Gasteiger partial charge is 0.339 e. The molecule has 9 heteroatoms. The van der Waals surface area contributed by atoms with E-state index >= 15 is 0 Å². The second kappa shape index (κ2) is 9.14. The molecule has 0 aromatic heterocycles. The number of amides is 1. The van der Waals surface area contributed by atoms with Crippen LogP contribution >= 0.6 is 0 Å². The first kappa shape index (κ1) is 21.1. The molecule has 0 atom stereocenters. The number of benzene rings is 2. The van der Waals surface area contributed by atoms with Crippen molar-refractivity contribution in [1.82, 2.24) is 0 Å². The Balaban J connectivity index is 2.09. The molecular weight excluding hydrogens is 386 g/mol. The maximum atomic E-state index is 12.3. The zero-order chi connectivity index (χ0) is 20.7. The van der Waals surface area contributed by atoms with Gasteiger partial charge in [-0.3, -0.25) is 4.79 Å². The van der Waals surface area contributed by atoms with E-state index in [1.54, 1.807) is 12.1 Å². The predicted octanol–water partition coefficient (Wildman–Crippen LogP) is 2.06. The Morgan fingerprint density at radius 1 is 0.929 bits per heavy atom. The van der Waals surface area contributed by atoms with Gasteiger partial charge < -0.3 is 14.8 Å². The third-order valence-electron chi connectivity index (χ3n) is 3.76. The molecule has 0 bridgehead atoms. The average molecular weight is 405 g/mol. The molecule has 2 rings (SSSR count). The number of nitrogens with one attached hydrogen (secondary N) is 1. The summed E-state index contributed by atoms with van der Waals surface area (Å²) in [5.74, 6) is -2.45. The topological polar surface area (TPSA) is 116 Å². The number of sulfone groups is 1. The standard InChI is InChI=1S/C19H19NO7S/c1-3-28(24,25)16-11-7-5-9-14(16)19(23)27-12-17(21)20-15-10-6-4-8-13(15)18(22)26-2/h4-11H,3,12H2,1-2H3,(H,20,21). The highest BCUT2D eigenvalue weighted by molar-refractivity contribution is 7.91. The van der Waals surface area contributed by atoms with E-state index in [1.807, 2.05) is 0 Å². The van der Waals surface area contributed by atoms with Crippen LogP contribution < -0.4 is 5.32 Å². The number of ether oxygens (including phenoxy) is 2. The maximum Gasteiger partial charge on any atom is 0.339 e. The summed E-state index contributed by atoms with van der Waals surface area (Å²) in [7, 11) is -2.42. The lowest BCUT2D eigenvalue weighted by Crippen LogP contribution is -2.23. The first-order valence-electron chi connectivity index (χ1n) is 8.26. The van der Waals surface area contributed by atoms with Crippen LogP contribution in [0.15, 0.2) is 53.4 Å². The van der Waals surface area contributed by atoms with Crippen molar-refractivity contribution < 1.29 is 32.3 Å². The lowest BCUT2D eigenvalue weighted by Gasteiger charge is -2.11. The molecular formula is C19H19NO7S. The third-order valence-corrected chi connectivity index (χ3v) is 5.55. The van der Waals surface area contributed by atoms with Gasteiger partial charge in [0.2, 0.25) is 0 Å². The van der Waals surface area contributed by atoms with E-state index in [0.717, 1.165) is 0 Å². The van der Waals surface area contributed by atoms with E-state index in [1.165, 1.54) is 50.4 Å². The number of carbonyl (C=O) groups is 3. The summed E-state index contributed by atoms with van der Waals surface area (Å²) in [4.78, 5) is 35.9. The summed E-state index contributed by atoms with van der Waals surface area (Å²) in [6, 6.07) is 11.8. The molecule has 0 aliphatic heterocycles. The van der Waals surface area contributed by atoms with Crippen molar-refractivity contribution in [1.29, 1.82) is 0 Å². The molecule has 0 unspecified atom stereocenters. The largest absolute Gasteiger partial charge is 0.465 e. The molecule has 2 aromatic rings. The minimum Gasteiger partial charge on any atom is -0.465 e. The summed E-state index contributed by atoms with van der Waals surface area (Å²) in [5, 5.41) is 2.45. The summed E-state index contributed by atoms with van der Waals surface area (Å²) < 4.78 is 33.8. The minimum absolute atomic E-state index is 0.143. The highest BCUT2D eigenvalue weighted by atomic mass is 32.2. The van der Waals surface area contributed by atoms with Crippen LogP contribution in [-0.4, -0.2) is 45.7 Å². The number of hydrogen-bond acceptors (Lipinski definition) is 7. The first-order valence-corrected chi connectivity index (χ1v) is 9.91. The van der Waals surface area contributed by atoms with Crippen molar-refractivity contribution in [3.8, 4) is 0 Å². The summed E-state index contributed by atoms with van der Waals surface area (Å²) in [6.45, 7) is 0.804. The molecule has 1 amide bonds. The van der Waals surface area contributed by atoms with Crippen LogP contribution in [0, 0.1) is 0 Å². The van der Waals surface area contributed by atoms with Gasteiger partial charge in [-0.2, -0.15) is 0 Å². The van der Waals surface area contributed by atoms with E-state index < -0.39 is 34.3 Å². The van der Waals surface area contributed by atoms with Crippen molar-refractivity contribution in [3.63, 3.8) is 0 Å². The third kappa shape index (κ3) is 4.95. The summed E-state index contributed by atoms with van der Waals surface area (Å²) in [5.41, 5.74) is 0.195. The molecule has 0 radical (unpaired) electrons. The Kier molecular flexibility index (Phi) is 6.89. The Bertz CT molecular complexity index is 999.